The normalized spacial score (nSPS) is 22.7. The lowest BCUT2D eigenvalue weighted by molar-refractivity contribution is 1.41. The topological polar surface area (TPSA) is 0 Å². The summed E-state index contributed by atoms with van der Waals surface area (Å²) in [6.07, 6.45) is 4.87. The first-order valence-electron chi connectivity index (χ1n) is 2.38. The maximum absolute atomic E-state index is 7.04. The van der Waals surface area contributed by atoms with E-state index in [2.05, 4.69) is 0 Å². The Morgan fingerprint density at radius 1 is 1.67 bits per heavy atom. The number of rotatable bonds is 0. The second kappa shape index (κ2) is 2.08. The van der Waals surface area contributed by atoms with Gasteiger partial charge in [0.1, 0.15) is 0 Å². The van der Waals surface area contributed by atoms with E-state index in [1.165, 1.54) is 11.8 Å². The molecule has 6 heavy (non-hydrogen) atoms. The zero-order valence-corrected chi connectivity index (χ0v) is 4.16. The molecule has 0 saturated heterocycles. The number of hydrogen-bond acceptors (Lipinski definition) is 1. The van der Waals surface area contributed by atoms with E-state index in [1.54, 1.807) is 0 Å². The van der Waals surface area contributed by atoms with E-state index in [4.69, 9.17) is 1.37 Å². The van der Waals surface area contributed by atoms with Gasteiger partial charge in [0.15, 0.2) is 0 Å². The molecule has 1 heteroatoms. The molecule has 0 saturated carbocycles. The van der Waals surface area contributed by atoms with Gasteiger partial charge in [0.05, 0.1) is 1.37 Å². The van der Waals surface area contributed by atoms with E-state index in [9.17, 15) is 0 Å². The van der Waals surface area contributed by atoms with Crippen LogP contribution in [-0.2, 0) is 0 Å². The highest BCUT2D eigenvalue weighted by Crippen LogP contribution is 2.09. The van der Waals surface area contributed by atoms with Crippen molar-refractivity contribution in [2.75, 3.05) is 0 Å². The molecule has 0 amide bonds. The van der Waals surface area contributed by atoms with Crippen molar-refractivity contribution in [2.24, 2.45) is 0 Å². The third-order valence-corrected chi connectivity index (χ3v) is 1.20. The number of allylic oxidation sites excluding steroid dienone is 2. The van der Waals surface area contributed by atoms with Crippen LogP contribution in [0.3, 0.4) is 0 Å². The summed E-state index contributed by atoms with van der Waals surface area (Å²) in [6.45, 7) is 0. The minimum Gasteiger partial charge on any atom is -0.107 e. The Balaban J connectivity index is 2.50. The van der Waals surface area contributed by atoms with E-state index in [0.717, 1.165) is 6.42 Å². The molecule has 0 nitrogen and oxygen atoms in total. The van der Waals surface area contributed by atoms with Gasteiger partial charge in [0.25, 0.3) is 0 Å². The van der Waals surface area contributed by atoms with Crippen molar-refractivity contribution >= 4 is 11.8 Å². The van der Waals surface area contributed by atoms with Gasteiger partial charge in [-0.1, -0.05) is 12.2 Å². The predicted octanol–water partition coefficient (Wildman–Crippen LogP) is 2.15. The summed E-state index contributed by atoms with van der Waals surface area (Å²) in [5, 5.41) is 2.62. The fraction of sp³-hybridized carbons (Fsp3) is 0.200. The van der Waals surface area contributed by atoms with Crippen molar-refractivity contribution < 1.29 is 1.37 Å². The second-order valence-electron chi connectivity index (χ2n) is 1.05. The van der Waals surface area contributed by atoms with Crippen LogP contribution < -0.4 is 0 Å². The molecule has 32 valence electrons. The fourth-order valence-electron chi connectivity index (χ4n) is 0.307. The predicted molar refractivity (Wildman–Crippen MR) is 30.5 cm³/mol. The summed E-state index contributed by atoms with van der Waals surface area (Å²) in [7, 11) is 0. The molecule has 0 aromatic carbocycles. The lowest BCUT2D eigenvalue weighted by Crippen LogP contribution is -1.59. The molecule has 1 heterocycles. The van der Waals surface area contributed by atoms with Gasteiger partial charge >= 0.3 is 0 Å². The average molecular weight is 99.2 g/mol. The largest absolute Gasteiger partial charge is 0.107 e. The lowest BCUT2D eigenvalue weighted by atomic mass is 10.4. The molecule has 0 aromatic rings. The standard InChI is InChI=1S/C5H6S/c1-2-4-6-5-3-1/h2-5H,1H2/i4D. The fourth-order valence-corrected chi connectivity index (χ4v) is 0.786. The third kappa shape index (κ3) is 0.902. The van der Waals surface area contributed by atoms with Crippen molar-refractivity contribution in [1.29, 1.82) is 0 Å². The summed E-state index contributed by atoms with van der Waals surface area (Å²) in [4.78, 5) is 0. The van der Waals surface area contributed by atoms with Crippen LogP contribution in [0.1, 0.15) is 7.79 Å². The van der Waals surface area contributed by atoms with Gasteiger partial charge in [-0.3, -0.25) is 0 Å². The SMILES string of the molecule is [2H]C1=CCC=CS1. The van der Waals surface area contributed by atoms with Gasteiger partial charge in [0.2, 0.25) is 0 Å². The first-order chi connectivity index (χ1) is 3.39. The van der Waals surface area contributed by atoms with Crippen LogP contribution in [0.4, 0.5) is 0 Å². The molecule has 0 aromatic heterocycles. The molecular weight excluding hydrogens is 92.1 g/mol. The van der Waals surface area contributed by atoms with Crippen LogP contribution in [0, 0.1) is 0 Å². The van der Waals surface area contributed by atoms with Gasteiger partial charge in [0, 0.05) is 0 Å². The summed E-state index contributed by atoms with van der Waals surface area (Å²) in [5.74, 6) is 0. The quantitative estimate of drug-likeness (QED) is 0.448. The van der Waals surface area contributed by atoms with Gasteiger partial charge in [-0.25, -0.2) is 0 Å². The Bertz CT molecular complexity index is 115. The molecule has 0 fully saturated rings. The molecule has 1 aliphatic heterocycles. The van der Waals surface area contributed by atoms with E-state index >= 15 is 0 Å². The Morgan fingerprint density at radius 3 is 3.00 bits per heavy atom. The monoisotopic (exact) mass is 99.0 g/mol. The van der Waals surface area contributed by atoms with Gasteiger partial charge in [-0.15, -0.1) is 11.8 Å². The van der Waals surface area contributed by atoms with E-state index in [-0.39, 0.29) is 0 Å². The van der Waals surface area contributed by atoms with Crippen LogP contribution in [0.25, 0.3) is 0 Å². The third-order valence-electron chi connectivity index (χ3n) is 0.570. The summed E-state index contributed by atoms with van der Waals surface area (Å²) in [5.41, 5.74) is 0. The zero-order chi connectivity index (χ0) is 5.11. The first-order valence-corrected chi connectivity index (χ1v) is 2.76. The van der Waals surface area contributed by atoms with Crippen molar-refractivity contribution in [3.8, 4) is 0 Å². The first kappa shape index (κ1) is 2.92. The van der Waals surface area contributed by atoms with E-state index in [0.29, 0.717) is 5.38 Å². The molecule has 1 rings (SSSR count). The van der Waals surface area contributed by atoms with Crippen LogP contribution in [0.2, 0.25) is 0 Å². The molecule has 0 N–H and O–H groups in total. The Morgan fingerprint density at radius 2 is 2.67 bits per heavy atom. The maximum atomic E-state index is 7.04. The minimum atomic E-state index is 0.669. The molecule has 0 aliphatic carbocycles. The van der Waals surface area contributed by atoms with Crippen LogP contribution >= 0.6 is 11.8 Å². The minimum absolute atomic E-state index is 0.669. The van der Waals surface area contributed by atoms with Crippen LogP contribution in [0.15, 0.2) is 22.9 Å². The van der Waals surface area contributed by atoms with Crippen molar-refractivity contribution in [3.63, 3.8) is 0 Å². The molecule has 0 spiro atoms. The summed E-state index contributed by atoms with van der Waals surface area (Å²) in [6, 6.07) is 0. The number of thioether (sulfide) groups is 1. The van der Waals surface area contributed by atoms with Crippen molar-refractivity contribution in [2.45, 2.75) is 6.42 Å². The summed E-state index contributed by atoms with van der Waals surface area (Å²) >= 11 is 1.47. The van der Waals surface area contributed by atoms with Crippen molar-refractivity contribution in [1.82, 2.24) is 0 Å². The number of hydrogen-bond donors (Lipinski definition) is 0. The van der Waals surface area contributed by atoms with E-state index in [1.807, 2.05) is 17.6 Å². The highest BCUT2D eigenvalue weighted by atomic mass is 32.2. The lowest BCUT2D eigenvalue weighted by Gasteiger charge is -1.87. The van der Waals surface area contributed by atoms with Gasteiger partial charge in [-0.05, 0) is 17.2 Å². The highest BCUT2D eigenvalue weighted by molar-refractivity contribution is 8.04. The summed E-state index contributed by atoms with van der Waals surface area (Å²) < 4.78 is 7.04. The average Bonchev–Trinajstić information content (AvgIpc) is 1.69. The Hall–Kier alpha value is -0.170. The van der Waals surface area contributed by atoms with Gasteiger partial charge < -0.3 is 0 Å². The maximum Gasteiger partial charge on any atom is 0.0697 e. The Kier molecular flexibility index (Phi) is 1.01. The molecule has 1 aliphatic rings. The molecule has 0 bridgehead atoms. The second-order valence-corrected chi connectivity index (χ2v) is 1.79. The molecule has 0 radical (unpaired) electrons. The molecule has 0 unspecified atom stereocenters. The van der Waals surface area contributed by atoms with Crippen LogP contribution in [0.5, 0.6) is 0 Å². The van der Waals surface area contributed by atoms with Crippen molar-refractivity contribution in [3.05, 3.63) is 22.9 Å². The molecule has 0 atom stereocenters. The van der Waals surface area contributed by atoms with E-state index < -0.39 is 0 Å². The molecular formula is C5H6S. The van der Waals surface area contributed by atoms with Crippen LogP contribution in [-0.4, -0.2) is 0 Å². The smallest absolute Gasteiger partial charge is 0.0697 e. The highest BCUT2D eigenvalue weighted by Gasteiger charge is 1.76. The Labute approximate surface area is 43.3 Å². The zero-order valence-electron chi connectivity index (χ0n) is 4.35. The van der Waals surface area contributed by atoms with Gasteiger partial charge in [-0.2, -0.15) is 0 Å².